The van der Waals surface area contributed by atoms with Crippen LogP contribution in [0.4, 0.5) is 0 Å². The summed E-state index contributed by atoms with van der Waals surface area (Å²) in [6, 6.07) is 6.70. The van der Waals surface area contributed by atoms with E-state index in [1.807, 2.05) is 0 Å². The fourth-order valence-electron chi connectivity index (χ4n) is 2.07. The van der Waals surface area contributed by atoms with E-state index in [1.54, 1.807) is 38.1 Å². The minimum absolute atomic E-state index is 0.0353. The molecule has 0 aliphatic heterocycles. The van der Waals surface area contributed by atoms with Crippen LogP contribution in [-0.4, -0.2) is 46.9 Å². The van der Waals surface area contributed by atoms with E-state index >= 15 is 0 Å². The van der Waals surface area contributed by atoms with E-state index in [0.717, 1.165) is 0 Å². The third-order valence-corrected chi connectivity index (χ3v) is 3.29. The third kappa shape index (κ3) is 6.50. The van der Waals surface area contributed by atoms with Crippen molar-refractivity contribution in [1.82, 2.24) is 4.90 Å². The maximum Gasteiger partial charge on any atom is 0.323 e. The summed E-state index contributed by atoms with van der Waals surface area (Å²) in [5, 5.41) is 8.83. The van der Waals surface area contributed by atoms with Crippen LogP contribution in [0.2, 0.25) is 0 Å². The summed E-state index contributed by atoms with van der Waals surface area (Å²) in [5.74, 6) is -0.684. The van der Waals surface area contributed by atoms with Gasteiger partial charge in [-0.2, -0.15) is 0 Å². The van der Waals surface area contributed by atoms with Gasteiger partial charge in [0.15, 0.2) is 5.78 Å². The molecule has 6 heteroatoms. The highest BCUT2D eigenvalue weighted by Crippen LogP contribution is 2.14. The van der Waals surface area contributed by atoms with Crippen molar-refractivity contribution in [2.24, 2.45) is 0 Å². The van der Waals surface area contributed by atoms with Crippen LogP contribution < -0.4 is 4.74 Å². The smallest absolute Gasteiger partial charge is 0.323 e. The Morgan fingerprint density at radius 2 is 1.96 bits per heavy atom. The van der Waals surface area contributed by atoms with Crippen molar-refractivity contribution >= 4 is 17.7 Å². The Balaban J connectivity index is 2.44. The van der Waals surface area contributed by atoms with Crippen LogP contribution in [-0.2, 0) is 9.59 Å². The van der Waals surface area contributed by atoms with Crippen LogP contribution >= 0.6 is 0 Å². The molecular formula is C17H23NO5. The fraction of sp³-hybridized carbons (Fsp3) is 0.471. The van der Waals surface area contributed by atoms with Gasteiger partial charge in [0.25, 0.3) is 0 Å². The lowest BCUT2D eigenvalue weighted by molar-refractivity contribution is -0.145. The molecule has 0 aliphatic carbocycles. The molecule has 0 unspecified atom stereocenters. The van der Waals surface area contributed by atoms with Crippen LogP contribution in [0, 0.1) is 0 Å². The van der Waals surface area contributed by atoms with Crippen molar-refractivity contribution in [3.63, 3.8) is 0 Å². The van der Waals surface area contributed by atoms with Gasteiger partial charge in [-0.15, -0.1) is 0 Å². The second kappa shape index (κ2) is 8.92. The zero-order chi connectivity index (χ0) is 17.4. The van der Waals surface area contributed by atoms with Crippen LogP contribution in [0.25, 0.3) is 0 Å². The number of carbonyl (C=O) groups is 3. The lowest BCUT2D eigenvalue weighted by atomic mass is 10.1. The number of carboxylic acids is 1. The predicted octanol–water partition coefficient (Wildman–Crippen LogP) is 2.37. The van der Waals surface area contributed by atoms with E-state index in [2.05, 4.69) is 0 Å². The summed E-state index contributed by atoms with van der Waals surface area (Å²) in [6.07, 6.45) is 0.698. The number of benzene rings is 1. The summed E-state index contributed by atoms with van der Waals surface area (Å²) in [7, 11) is 0. The first-order chi connectivity index (χ1) is 10.8. The molecule has 23 heavy (non-hydrogen) atoms. The van der Waals surface area contributed by atoms with Gasteiger partial charge in [0.2, 0.25) is 5.91 Å². The van der Waals surface area contributed by atoms with E-state index in [0.29, 0.717) is 24.3 Å². The Morgan fingerprint density at radius 3 is 2.52 bits per heavy atom. The van der Waals surface area contributed by atoms with Crippen LogP contribution in [0.3, 0.4) is 0 Å². The molecule has 1 aromatic carbocycles. The van der Waals surface area contributed by atoms with Crippen molar-refractivity contribution in [1.29, 1.82) is 0 Å². The Morgan fingerprint density at radius 1 is 1.26 bits per heavy atom. The normalized spacial score (nSPS) is 10.4. The minimum atomic E-state index is -1.02. The molecule has 1 aromatic rings. The van der Waals surface area contributed by atoms with Gasteiger partial charge in [-0.05, 0) is 39.3 Å². The number of Topliss-reactive ketones (excluding diaryl/α,β-unsaturated/α-hetero) is 1. The molecule has 0 aliphatic rings. The molecule has 0 bridgehead atoms. The van der Waals surface area contributed by atoms with Gasteiger partial charge in [0.1, 0.15) is 12.3 Å². The standard InChI is InChI=1S/C17H23NO5/c1-12(2)18(11-17(21)22)16(20)8-5-9-23-15-7-4-6-14(10-15)13(3)19/h4,6-7,10,12H,5,8-9,11H2,1-3H3,(H,21,22). The molecule has 0 aromatic heterocycles. The molecule has 0 atom stereocenters. The molecule has 6 nitrogen and oxygen atoms in total. The maximum atomic E-state index is 12.0. The third-order valence-electron chi connectivity index (χ3n) is 3.29. The molecule has 1 N–H and O–H groups in total. The Kier molecular flexibility index (Phi) is 7.25. The zero-order valence-corrected chi connectivity index (χ0v) is 13.7. The zero-order valence-electron chi connectivity index (χ0n) is 13.7. The van der Waals surface area contributed by atoms with E-state index < -0.39 is 5.97 Å². The van der Waals surface area contributed by atoms with Crippen molar-refractivity contribution in [3.8, 4) is 5.75 Å². The molecule has 0 heterocycles. The molecule has 0 spiro atoms. The van der Waals surface area contributed by atoms with Crippen molar-refractivity contribution in [3.05, 3.63) is 29.8 Å². The monoisotopic (exact) mass is 321 g/mol. The first kappa shape index (κ1) is 18.7. The second-order valence-electron chi connectivity index (χ2n) is 5.55. The molecule has 0 fully saturated rings. The number of hydrogen-bond acceptors (Lipinski definition) is 4. The number of carboxylic acid groups (broad SMARTS) is 1. The van der Waals surface area contributed by atoms with Gasteiger partial charge in [0.05, 0.1) is 6.61 Å². The number of hydrogen-bond donors (Lipinski definition) is 1. The van der Waals surface area contributed by atoms with Gasteiger partial charge < -0.3 is 14.7 Å². The van der Waals surface area contributed by atoms with E-state index in [9.17, 15) is 14.4 Å². The number of nitrogens with zero attached hydrogens (tertiary/aromatic N) is 1. The first-order valence-corrected chi connectivity index (χ1v) is 7.56. The Labute approximate surface area is 136 Å². The number of rotatable bonds is 9. The van der Waals surface area contributed by atoms with Crippen LogP contribution in [0.15, 0.2) is 24.3 Å². The Bertz CT molecular complexity index is 568. The Hall–Kier alpha value is -2.37. The quantitative estimate of drug-likeness (QED) is 0.557. The molecule has 126 valence electrons. The van der Waals surface area contributed by atoms with Crippen LogP contribution in [0.5, 0.6) is 5.75 Å². The summed E-state index contributed by atoms with van der Waals surface area (Å²) >= 11 is 0. The number of aliphatic carboxylic acids is 1. The van der Waals surface area contributed by atoms with Crippen molar-refractivity contribution in [2.75, 3.05) is 13.2 Å². The van der Waals surface area contributed by atoms with E-state index in [-0.39, 0.29) is 30.7 Å². The maximum absolute atomic E-state index is 12.0. The van der Waals surface area contributed by atoms with Gasteiger partial charge >= 0.3 is 5.97 Å². The molecule has 1 amide bonds. The summed E-state index contributed by atoms with van der Waals surface area (Å²) in [5.41, 5.74) is 0.575. The molecule has 0 radical (unpaired) electrons. The predicted molar refractivity (Wildman–Crippen MR) is 85.7 cm³/mol. The summed E-state index contributed by atoms with van der Waals surface area (Å²) in [4.78, 5) is 35.4. The highest BCUT2D eigenvalue weighted by molar-refractivity contribution is 5.94. The van der Waals surface area contributed by atoms with Crippen molar-refractivity contribution < 1.29 is 24.2 Å². The molecule has 0 saturated heterocycles. The minimum Gasteiger partial charge on any atom is -0.494 e. The largest absolute Gasteiger partial charge is 0.494 e. The van der Waals surface area contributed by atoms with Gasteiger partial charge in [0, 0.05) is 18.0 Å². The average molecular weight is 321 g/mol. The highest BCUT2D eigenvalue weighted by Gasteiger charge is 2.19. The number of carbonyl (C=O) groups excluding carboxylic acids is 2. The molecular weight excluding hydrogens is 298 g/mol. The molecule has 0 saturated carbocycles. The van der Waals surface area contributed by atoms with Gasteiger partial charge in [-0.3, -0.25) is 14.4 Å². The lowest BCUT2D eigenvalue weighted by Crippen LogP contribution is -2.40. The number of amides is 1. The highest BCUT2D eigenvalue weighted by atomic mass is 16.5. The fourth-order valence-corrected chi connectivity index (χ4v) is 2.07. The van der Waals surface area contributed by atoms with Crippen LogP contribution in [0.1, 0.15) is 44.0 Å². The summed E-state index contributed by atoms with van der Waals surface area (Å²) in [6.45, 7) is 5.08. The first-order valence-electron chi connectivity index (χ1n) is 7.56. The van der Waals surface area contributed by atoms with Gasteiger partial charge in [-0.1, -0.05) is 12.1 Å². The van der Waals surface area contributed by atoms with E-state index in [4.69, 9.17) is 9.84 Å². The topological polar surface area (TPSA) is 83.9 Å². The SMILES string of the molecule is CC(=O)c1cccc(OCCCC(=O)N(CC(=O)O)C(C)C)c1. The number of ketones is 1. The van der Waals surface area contributed by atoms with Crippen molar-refractivity contribution in [2.45, 2.75) is 39.7 Å². The molecule has 1 rings (SSSR count). The lowest BCUT2D eigenvalue weighted by Gasteiger charge is -2.24. The van der Waals surface area contributed by atoms with E-state index in [1.165, 1.54) is 11.8 Å². The summed E-state index contributed by atoms with van der Waals surface area (Å²) < 4.78 is 5.53. The number of ether oxygens (including phenoxy) is 1. The average Bonchev–Trinajstić information content (AvgIpc) is 2.48. The van der Waals surface area contributed by atoms with Gasteiger partial charge in [-0.25, -0.2) is 0 Å². The second-order valence-corrected chi connectivity index (χ2v) is 5.55.